The van der Waals surface area contributed by atoms with Gasteiger partial charge in [-0.2, -0.15) is 0 Å². The molecule has 1 atom stereocenters. The van der Waals surface area contributed by atoms with Crippen LogP contribution in [-0.4, -0.2) is 37.9 Å². The van der Waals surface area contributed by atoms with E-state index in [9.17, 15) is 14.7 Å². The number of aliphatic hydroxyl groups excluding tert-OH is 1. The minimum absolute atomic E-state index is 0.00661. The molecule has 0 bridgehead atoms. The number of carbonyl (C=O) groups is 2. The summed E-state index contributed by atoms with van der Waals surface area (Å²) in [5.74, 6) is -0.941. The van der Waals surface area contributed by atoms with Crippen LogP contribution in [0.3, 0.4) is 0 Å². The van der Waals surface area contributed by atoms with Gasteiger partial charge >= 0.3 is 5.91 Å². The maximum absolute atomic E-state index is 13.3. The number of anilines is 1. The van der Waals surface area contributed by atoms with Crippen molar-refractivity contribution in [3.63, 3.8) is 0 Å². The second kappa shape index (κ2) is 8.72. The number of pyridine rings is 1. The number of imidazole rings is 1. The number of benzene rings is 2. The van der Waals surface area contributed by atoms with Crippen molar-refractivity contribution in [2.45, 2.75) is 32.9 Å². The number of H-pyrrole nitrogens is 1. The fourth-order valence-corrected chi connectivity index (χ4v) is 4.30. The summed E-state index contributed by atoms with van der Waals surface area (Å²) in [6.45, 7) is 5.72. The Morgan fingerprint density at radius 3 is 2.60 bits per heavy atom. The zero-order valence-corrected chi connectivity index (χ0v) is 19.5. The zero-order valence-electron chi connectivity index (χ0n) is 19.5. The van der Waals surface area contributed by atoms with E-state index >= 15 is 0 Å². The number of para-hydroxylation sites is 2. The van der Waals surface area contributed by atoms with E-state index in [0.29, 0.717) is 22.4 Å². The summed E-state index contributed by atoms with van der Waals surface area (Å²) >= 11 is 0. The molecule has 0 spiro atoms. The summed E-state index contributed by atoms with van der Waals surface area (Å²) in [6, 6.07) is 15.1. The Morgan fingerprint density at radius 2 is 1.91 bits per heavy atom. The predicted molar refractivity (Wildman–Crippen MR) is 132 cm³/mol. The molecule has 4 aromatic rings. The molecule has 3 heterocycles. The Kier molecular flexibility index (Phi) is 5.56. The van der Waals surface area contributed by atoms with Crippen LogP contribution in [0.5, 0.6) is 5.75 Å². The highest BCUT2D eigenvalue weighted by Crippen LogP contribution is 2.41. The number of rotatable bonds is 5. The van der Waals surface area contributed by atoms with Crippen LogP contribution in [0, 0.1) is 6.92 Å². The molecule has 1 fully saturated rings. The monoisotopic (exact) mass is 468 g/mol. The quantitative estimate of drug-likeness (QED) is 0.250. The SMILES string of the molecule is Cc1cc(/C(O)=C2\C(=O)C(=O)N(c3nc4ccccc4[nH]3)C2c2cccnc2)ccc1OC(C)C. The van der Waals surface area contributed by atoms with Crippen molar-refractivity contribution in [1.29, 1.82) is 0 Å². The average molecular weight is 469 g/mol. The fraction of sp³-hybridized carbons (Fsp3) is 0.185. The lowest BCUT2D eigenvalue weighted by Crippen LogP contribution is -2.30. The van der Waals surface area contributed by atoms with Gasteiger partial charge in [-0.25, -0.2) is 4.98 Å². The fourth-order valence-electron chi connectivity index (χ4n) is 4.30. The van der Waals surface area contributed by atoms with Crippen LogP contribution in [-0.2, 0) is 9.59 Å². The maximum Gasteiger partial charge on any atom is 0.302 e. The number of carbonyl (C=O) groups excluding carboxylic acids is 2. The van der Waals surface area contributed by atoms with E-state index in [-0.39, 0.29) is 23.4 Å². The highest BCUT2D eigenvalue weighted by atomic mass is 16.5. The molecule has 2 aromatic heterocycles. The van der Waals surface area contributed by atoms with E-state index < -0.39 is 17.7 Å². The van der Waals surface area contributed by atoms with Crippen molar-refractivity contribution >= 4 is 34.4 Å². The molecule has 1 aliphatic rings. The van der Waals surface area contributed by atoms with Crippen molar-refractivity contribution in [2.24, 2.45) is 0 Å². The number of aromatic nitrogens is 3. The van der Waals surface area contributed by atoms with Crippen LogP contribution in [0.15, 0.2) is 72.6 Å². The number of nitrogens with zero attached hydrogens (tertiary/aromatic N) is 3. The Morgan fingerprint density at radius 1 is 1.11 bits per heavy atom. The number of hydrogen-bond donors (Lipinski definition) is 2. The molecule has 2 aromatic carbocycles. The predicted octanol–water partition coefficient (Wildman–Crippen LogP) is 4.68. The molecule has 2 N–H and O–H groups in total. The number of amides is 1. The van der Waals surface area contributed by atoms with Gasteiger partial charge in [-0.05, 0) is 68.3 Å². The number of aromatic amines is 1. The normalized spacial score (nSPS) is 17.5. The highest BCUT2D eigenvalue weighted by Gasteiger charge is 2.48. The third kappa shape index (κ3) is 3.93. The molecule has 0 radical (unpaired) electrons. The lowest BCUT2D eigenvalue weighted by molar-refractivity contribution is -0.132. The molecule has 0 aliphatic carbocycles. The van der Waals surface area contributed by atoms with Crippen LogP contribution in [0.1, 0.15) is 36.6 Å². The van der Waals surface area contributed by atoms with Crippen LogP contribution in [0.4, 0.5) is 5.95 Å². The minimum Gasteiger partial charge on any atom is -0.507 e. The Bertz CT molecular complexity index is 1440. The van der Waals surface area contributed by atoms with Crippen LogP contribution in [0.25, 0.3) is 16.8 Å². The summed E-state index contributed by atoms with van der Waals surface area (Å²) in [7, 11) is 0. The van der Waals surface area contributed by atoms with Crippen LogP contribution in [0.2, 0.25) is 0 Å². The number of nitrogens with one attached hydrogen (secondary N) is 1. The van der Waals surface area contributed by atoms with E-state index in [1.807, 2.05) is 45.0 Å². The van der Waals surface area contributed by atoms with Gasteiger partial charge < -0.3 is 14.8 Å². The third-order valence-electron chi connectivity index (χ3n) is 5.86. The summed E-state index contributed by atoms with van der Waals surface area (Å²) < 4.78 is 5.79. The van der Waals surface area contributed by atoms with Crippen LogP contribution < -0.4 is 9.64 Å². The van der Waals surface area contributed by atoms with E-state index in [0.717, 1.165) is 11.1 Å². The largest absolute Gasteiger partial charge is 0.507 e. The molecule has 1 amide bonds. The summed E-state index contributed by atoms with van der Waals surface area (Å²) in [5, 5.41) is 11.3. The maximum atomic E-state index is 13.3. The summed E-state index contributed by atoms with van der Waals surface area (Å²) in [5.41, 5.74) is 3.14. The third-order valence-corrected chi connectivity index (χ3v) is 5.86. The standard InChI is InChI=1S/C27H24N4O4/c1-15(2)35-21-11-10-17(13-16(21)3)24(32)22-23(18-7-6-12-28-14-18)31(26(34)25(22)33)27-29-19-8-4-5-9-20(19)30-27/h4-15,23,32H,1-3H3,(H,29,30)/b24-22+. The molecule has 8 heteroatoms. The van der Waals surface area contributed by atoms with Gasteiger partial charge in [0.05, 0.1) is 28.8 Å². The molecule has 5 rings (SSSR count). The second-order valence-corrected chi connectivity index (χ2v) is 8.68. The first-order valence-electron chi connectivity index (χ1n) is 11.3. The molecule has 35 heavy (non-hydrogen) atoms. The molecule has 1 unspecified atom stereocenters. The van der Waals surface area contributed by atoms with Gasteiger partial charge in [0.15, 0.2) is 0 Å². The minimum atomic E-state index is -0.906. The van der Waals surface area contributed by atoms with E-state index in [1.165, 1.54) is 4.90 Å². The Hall–Kier alpha value is -4.46. The number of hydrogen-bond acceptors (Lipinski definition) is 6. The average Bonchev–Trinajstić information content (AvgIpc) is 3.38. The summed E-state index contributed by atoms with van der Waals surface area (Å²) in [4.78, 5) is 39.7. The number of ether oxygens (including phenoxy) is 1. The molecule has 8 nitrogen and oxygen atoms in total. The Labute approximate surface area is 201 Å². The van der Waals surface area contributed by atoms with E-state index in [4.69, 9.17) is 4.74 Å². The van der Waals surface area contributed by atoms with E-state index in [2.05, 4.69) is 15.0 Å². The summed E-state index contributed by atoms with van der Waals surface area (Å²) in [6.07, 6.45) is 3.17. The number of ketones is 1. The first kappa shape index (κ1) is 22.3. The lowest BCUT2D eigenvalue weighted by Gasteiger charge is -2.22. The van der Waals surface area contributed by atoms with Crippen molar-refractivity contribution in [2.75, 3.05) is 4.90 Å². The molecule has 1 aliphatic heterocycles. The molecule has 0 saturated carbocycles. The number of fused-ring (bicyclic) bond motifs is 1. The van der Waals surface area contributed by atoms with Gasteiger partial charge in [0.25, 0.3) is 5.78 Å². The van der Waals surface area contributed by atoms with Gasteiger partial charge in [0, 0.05) is 18.0 Å². The first-order chi connectivity index (χ1) is 16.8. The number of Topliss-reactive ketones (excluding diaryl/α,β-unsaturated/α-hetero) is 1. The zero-order chi connectivity index (χ0) is 24.7. The van der Waals surface area contributed by atoms with Crippen molar-refractivity contribution < 1.29 is 19.4 Å². The number of aryl methyl sites for hydroxylation is 1. The van der Waals surface area contributed by atoms with Crippen molar-refractivity contribution in [3.05, 3.63) is 89.3 Å². The smallest absolute Gasteiger partial charge is 0.302 e. The molecule has 1 saturated heterocycles. The van der Waals surface area contributed by atoms with Gasteiger partial charge in [-0.15, -0.1) is 0 Å². The van der Waals surface area contributed by atoms with E-state index in [1.54, 1.807) is 42.7 Å². The molecule has 176 valence electrons. The molecular formula is C27H24N4O4. The number of aliphatic hydroxyl groups is 1. The van der Waals surface area contributed by atoms with Crippen molar-refractivity contribution in [3.8, 4) is 5.75 Å². The highest BCUT2D eigenvalue weighted by molar-refractivity contribution is 6.51. The van der Waals surface area contributed by atoms with Gasteiger partial charge in [0.2, 0.25) is 5.95 Å². The first-order valence-corrected chi connectivity index (χ1v) is 11.3. The van der Waals surface area contributed by atoms with Gasteiger partial charge in [-0.1, -0.05) is 18.2 Å². The lowest BCUT2D eigenvalue weighted by atomic mass is 9.96. The van der Waals surface area contributed by atoms with Crippen molar-refractivity contribution in [1.82, 2.24) is 15.0 Å². The topological polar surface area (TPSA) is 108 Å². The van der Waals surface area contributed by atoms with Crippen LogP contribution >= 0.6 is 0 Å². The second-order valence-electron chi connectivity index (χ2n) is 8.68. The van der Waals surface area contributed by atoms with Gasteiger partial charge in [0.1, 0.15) is 11.5 Å². The Balaban J connectivity index is 1.67. The van der Waals surface area contributed by atoms with Gasteiger partial charge in [-0.3, -0.25) is 19.5 Å². The molecular weight excluding hydrogens is 444 g/mol.